The number of carboxylic acid groups (broad SMARTS) is 1. The minimum atomic E-state index is -3.18. The standard InChI is InChI=1S/C25H33NO15/c1-2-15-22(41-23-19(31)25(36,37)18(30)17(10-28)40-23)38-11-16(21(34)39-12-29)24(15,35)4-3-13-7-14(20(32)33)9-26(8-13)5-6-27/h2-4,7,9,11,15,17-19,22-23,27-31,35-37H,1,5-6,8,10,12H2,(H,32,33). The fourth-order valence-electron chi connectivity index (χ4n) is 4.49. The average molecular weight is 588 g/mol. The van der Waals surface area contributed by atoms with Gasteiger partial charge >= 0.3 is 11.9 Å². The molecular weight excluding hydrogens is 554 g/mol. The van der Waals surface area contributed by atoms with Crippen molar-refractivity contribution in [3.63, 3.8) is 0 Å². The van der Waals surface area contributed by atoms with Gasteiger partial charge in [0, 0.05) is 19.3 Å². The lowest BCUT2D eigenvalue weighted by atomic mass is 9.78. The fourth-order valence-corrected chi connectivity index (χ4v) is 4.49. The van der Waals surface area contributed by atoms with E-state index < -0.39 is 79.1 Å². The van der Waals surface area contributed by atoms with Gasteiger partial charge in [0.2, 0.25) is 12.1 Å². The van der Waals surface area contributed by atoms with Gasteiger partial charge in [0.05, 0.1) is 24.7 Å². The first kappa shape index (κ1) is 32.4. The van der Waals surface area contributed by atoms with E-state index in [4.69, 9.17) is 19.3 Å². The second-order valence-electron chi connectivity index (χ2n) is 9.35. The van der Waals surface area contributed by atoms with Crippen LogP contribution in [0.3, 0.4) is 0 Å². The summed E-state index contributed by atoms with van der Waals surface area (Å²) in [6.07, 6.45) is -2.76. The summed E-state index contributed by atoms with van der Waals surface area (Å²) in [5.74, 6) is -7.08. The number of esters is 1. The van der Waals surface area contributed by atoms with Gasteiger partial charge in [0.15, 0.2) is 19.2 Å². The van der Waals surface area contributed by atoms with Crippen molar-refractivity contribution in [2.75, 3.05) is 33.1 Å². The predicted molar refractivity (Wildman–Crippen MR) is 132 cm³/mol. The summed E-state index contributed by atoms with van der Waals surface area (Å²) in [5, 5.41) is 89.7. The van der Waals surface area contributed by atoms with Crippen LogP contribution in [0.5, 0.6) is 0 Å². The van der Waals surface area contributed by atoms with Gasteiger partial charge in [0.1, 0.15) is 29.6 Å². The van der Waals surface area contributed by atoms with Crippen molar-refractivity contribution in [3.05, 3.63) is 60.1 Å². The van der Waals surface area contributed by atoms with E-state index in [1.54, 1.807) is 0 Å². The van der Waals surface area contributed by atoms with E-state index in [9.17, 15) is 50.4 Å². The maximum Gasteiger partial charge on any atom is 0.342 e. The first-order valence-electron chi connectivity index (χ1n) is 12.3. The Morgan fingerprint density at radius 3 is 2.44 bits per heavy atom. The summed E-state index contributed by atoms with van der Waals surface area (Å²) in [7, 11) is 0. The molecule has 0 aliphatic carbocycles. The number of hydrogen-bond acceptors (Lipinski definition) is 15. The zero-order chi connectivity index (χ0) is 30.5. The van der Waals surface area contributed by atoms with Crippen LogP contribution >= 0.6 is 0 Å². The molecule has 0 spiro atoms. The highest BCUT2D eigenvalue weighted by Gasteiger charge is 2.57. The largest absolute Gasteiger partial charge is 0.478 e. The molecule has 16 heteroatoms. The molecule has 1 saturated heterocycles. The molecule has 3 aliphatic heterocycles. The quantitative estimate of drug-likeness (QED) is 0.0637. The number of carbonyl (C=O) groups excluding carboxylic acids is 1. The molecule has 3 heterocycles. The lowest BCUT2D eigenvalue weighted by molar-refractivity contribution is -0.405. The molecule has 1 fully saturated rings. The topological polar surface area (TPSA) is 256 Å². The molecule has 0 aromatic heterocycles. The highest BCUT2D eigenvalue weighted by molar-refractivity contribution is 5.92. The van der Waals surface area contributed by atoms with Crippen molar-refractivity contribution in [3.8, 4) is 0 Å². The van der Waals surface area contributed by atoms with Crippen LogP contribution in [0.2, 0.25) is 0 Å². The van der Waals surface area contributed by atoms with Crippen molar-refractivity contribution in [2.24, 2.45) is 5.92 Å². The van der Waals surface area contributed by atoms with E-state index in [1.807, 2.05) is 0 Å². The summed E-state index contributed by atoms with van der Waals surface area (Å²) in [6.45, 7) is 1.61. The van der Waals surface area contributed by atoms with E-state index in [1.165, 1.54) is 23.3 Å². The summed E-state index contributed by atoms with van der Waals surface area (Å²) in [5.41, 5.74) is -2.71. The third kappa shape index (κ3) is 6.68. The maximum atomic E-state index is 12.6. The Bertz CT molecular complexity index is 1110. The number of aliphatic carboxylic acids is 1. The van der Waals surface area contributed by atoms with Crippen LogP contribution in [0.25, 0.3) is 0 Å². The van der Waals surface area contributed by atoms with E-state index in [2.05, 4.69) is 11.3 Å². The summed E-state index contributed by atoms with van der Waals surface area (Å²) in [4.78, 5) is 25.7. The average Bonchev–Trinajstić information content (AvgIpc) is 2.93. The Labute approximate surface area is 233 Å². The Kier molecular flexibility index (Phi) is 10.4. The van der Waals surface area contributed by atoms with Gasteiger partial charge in [-0.2, -0.15) is 0 Å². The normalized spacial score (nSPS) is 33.4. The predicted octanol–water partition coefficient (Wildman–Crippen LogP) is -3.85. The molecule has 0 saturated carbocycles. The Balaban J connectivity index is 1.98. The van der Waals surface area contributed by atoms with Gasteiger partial charge in [-0.15, -0.1) is 6.58 Å². The molecule has 7 unspecified atom stereocenters. The van der Waals surface area contributed by atoms with Gasteiger partial charge in [-0.3, -0.25) is 0 Å². The number of nitrogens with zero attached hydrogens (tertiary/aromatic N) is 1. The third-order valence-electron chi connectivity index (χ3n) is 6.69. The molecule has 0 radical (unpaired) electrons. The monoisotopic (exact) mass is 587 g/mol. The second-order valence-corrected chi connectivity index (χ2v) is 9.35. The SMILES string of the molecule is C=CC1C(OC2OC(CO)C(O)C(O)(O)C2O)OC=C(C(=O)OCO)C1(O)C=CC1=CC(C(=O)O)=CN(CCO)C1. The van der Waals surface area contributed by atoms with Gasteiger partial charge in [-0.05, 0) is 17.7 Å². The highest BCUT2D eigenvalue weighted by atomic mass is 16.8. The first-order chi connectivity index (χ1) is 19.3. The Hall–Kier alpha value is -3.16. The van der Waals surface area contributed by atoms with Crippen LogP contribution in [0, 0.1) is 5.92 Å². The number of β-amino-alcohol motifs (C(OH)–C–C–N with tert-alkyl or cyclic N) is 1. The van der Waals surface area contributed by atoms with Crippen LogP contribution in [0.4, 0.5) is 0 Å². The van der Waals surface area contributed by atoms with E-state index in [-0.39, 0.29) is 25.3 Å². The zero-order valence-electron chi connectivity index (χ0n) is 21.6. The van der Waals surface area contributed by atoms with Crippen molar-refractivity contribution >= 4 is 11.9 Å². The molecule has 228 valence electrons. The minimum Gasteiger partial charge on any atom is -0.478 e. The molecule has 0 aromatic rings. The molecule has 16 nitrogen and oxygen atoms in total. The highest BCUT2D eigenvalue weighted by Crippen LogP contribution is 2.40. The molecule has 0 aromatic carbocycles. The fraction of sp³-hybridized carbons (Fsp3) is 0.520. The van der Waals surface area contributed by atoms with E-state index in [0.29, 0.717) is 5.57 Å². The molecule has 0 amide bonds. The lowest BCUT2D eigenvalue weighted by Crippen LogP contribution is -2.68. The Morgan fingerprint density at radius 2 is 1.85 bits per heavy atom. The molecule has 3 rings (SSSR count). The smallest absolute Gasteiger partial charge is 0.342 e. The van der Waals surface area contributed by atoms with E-state index >= 15 is 0 Å². The van der Waals surface area contributed by atoms with Crippen LogP contribution in [0.15, 0.2) is 60.1 Å². The number of aliphatic hydroxyl groups is 8. The summed E-state index contributed by atoms with van der Waals surface area (Å²) >= 11 is 0. The van der Waals surface area contributed by atoms with Crippen molar-refractivity contribution in [1.29, 1.82) is 0 Å². The van der Waals surface area contributed by atoms with Gasteiger partial charge in [0.25, 0.3) is 0 Å². The van der Waals surface area contributed by atoms with E-state index in [0.717, 1.165) is 18.4 Å². The van der Waals surface area contributed by atoms with Gasteiger partial charge in [-0.25, -0.2) is 9.59 Å². The molecular formula is C25H33NO15. The van der Waals surface area contributed by atoms with Crippen LogP contribution in [-0.2, 0) is 28.5 Å². The lowest BCUT2D eigenvalue weighted by Gasteiger charge is -2.47. The molecule has 41 heavy (non-hydrogen) atoms. The van der Waals surface area contributed by atoms with Crippen LogP contribution in [-0.4, -0.2) is 138 Å². The first-order valence-corrected chi connectivity index (χ1v) is 12.3. The summed E-state index contributed by atoms with van der Waals surface area (Å²) in [6, 6.07) is 0. The van der Waals surface area contributed by atoms with Gasteiger partial charge in [-0.1, -0.05) is 12.2 Å². The third-order valence-corrected chi connectivity index (χ3v) is 6.69. The van der Waals surface area contributed by atoms with Crippen molar-refractivity contribution in [2.45, 2.75) is 42.3 Å². The molecule has 9 N–H and O–H groups in total. The zero-order valence-corrected chi connectivity index (χ0v) is 21.6. The maximum absolute atomic E-state index is 12.6. The number of hydrogen-bond donors (Lipinski definition) is 9. The molecule has 7 atom stereocenters. The number of aliphatic hydroxyl groups excluding tert-OH is 5. The minimum absolute atomic E-state index is 0.101. The number of ether oxygens (including phenoxy) is 4. The Morgan fingerprint density at radius 1 is 1.15 bits per heavy atom. The number of carboxylic acids is 1. The molecule has 3 aliphatic rings. The molecule has 0 bridgehead atoms. The number of carbonyl (C=O) groups is 2. The van der Waals surface area contributed by atoms with Crippen LogP contribution < -0.4 is 0 Å². The second kappa shape index (κ2) is 13.2. The van der Waals surface area contributed by atoms with Crippen molar-refractivity contribution < 1.29 is 74.5 Å². The van der Waals surface area contributed by atoms with Crippen molar-refractivity contribution in [1.82, 2.24) is 4.90 Å². The van der Waals surface area contributed by atoms with Gasteiger partial charge < -0.3 is 69.8 Å². The van der Waals surface area contributed by atoms with Crippen LogP contribution in [0.1, 0.15) is 0 Å². The number of rotatable bonds is 11. The summed E-state index contributed by atoms with van der Waals surface area (Å²) < 4.78 is 20.8.